The van der Waals surface area contributed by atoms with Crippen molar-refractivity contribution in [1.29, 1.82) is 0 Å². The fourth-order valence-corrected chi connectivity index (χ4v) is 1.01. The first-order valence-electron chi connectivity index (χ1n) is 3.63. The summed E-state index contributed by atoms with van der Waals surface area (Å²) in [6, 6.07) is 0. The van der Waals surface area contributed by atoms with E-state index in [-0.39, 0.29) is 0 Å². The molecule has 0 N–H and O–H groups in total. The van der Waals surface area contributed by atoms with Gasteiger partial charge in [-0.15, -0.1) is 0 Å². The maximum Gasteiger partial charge on any atom is 0.184 e. The number of thiocarbonyl (C=S) groups is 1. The number of nitrogens with zero attached hydrogens (tertiary/aromatic N) is 3. The molecular weight excluding hydrogens is 170 g/mol. The van der Waals surface area contributed by atoms with Gasteiger partial charge in [0.15, 0.2) is 5.11 Å². The minimum Gasteiger partial charge on any atom is -0.328 e. The summed E-state index contributed by atoms with van der Waals surface area (Å²) in [5.41, 5.74) is 0. The summed E-state index contributed by atoms with van der Waals surface area (Å²) >= 11 is 5.16. The maximum absolute atomic E-state index is 5.16. The van der Waals surface area contributed by atoms with Crippen molar-refractivity contribution >= 4 is 17.3 Å². The monoisotopic (exact) mass is 181 g/mol. The average Bonchev–Trinajstić information content (AvgIpc) is 2.55. The summed E-state index contributed by atoms with van der Waals surface area (Å²) in [6.07, 6.45) is 9.05. The van der Waals surface area contributed by atoms with Gasteiger partial charge >= 0.3 is 0 Å². The first kappa shape index (κ1) is 8.93. The third-order valence-electron chi connectivity index (χ3n) is 1.40. The lowest BCUT2D eigenvalue weighted by Crippen LogP contribution is -2.24. The molecule has 0 aliphatic rings. The Morgan fingerprint density at radius 1 is 1.67 bits per heavy atom. The Labute approximate surface area is 77.3 Å². The fourth-order valence-electron chi connectivity index (χ4n) is 0.842. The zero-order valence-corrected chi connectivity index (χ0v) is 7.95. The van der Waals surface area contributed by atoms with Crippen molar-refractivity contribution in [2.75, 3.05) is 7.05 Å². The molecule has 0 spiro atoms. The van der Waals surface area contributed by atoms with Crippen molar-refractivity contribution in [2.24, 2.45) is 0 Å². The van der Waals surface area contributed by atoms with Gasteiger partial charge in [-0.05, 0) is 19.1 Å². The molecule has 0 bridgehead atoms. The van der Waals surface area contributed by atoms with E-state index in [9.17, 15) is 0 Å². The van der Waals surface area contributed by atoms with E-state index in [2.05, 4.69) is 4.98 Å². The molecule has 64 valence electrons. The molecule has 0 fully saturated rings. The number of aromatic nitrogens is 2. The van der Waals surface area contributed by atoms with E-state index in [1.165, 1.54) is 0 Å². The van der Waals surface area contributed by atoms with Crippen molar-refractivity contribution in [3.63, 3.8) is 0 Å². The second kappa shape index (κ2) is 4.01. The van der Waals surface area contributed by atoms with Crippen LogP contribution in [0.2, 0.25) is 0 Å². The highest BCUT2D eigenvalue weighted by Crippen LogP contribution is 1.94. The normalized spacial score (nSPS) is 10.5. The van der Waals surface area contributed by atoms with Gasteiger partial charge in [0.25, 0.3) is 0 Å². The number of rotatable bonds is 1. The molecule has 12 heavy (non-hydrogen) atoms. The van der Waals surface area contributed by atoms with Crippen LogP contribution in [0.25, 0.3) is 0 Å². The summed E-state index contributed by atoms with van der Waals surface area (Å²) < 4.78 is 1.79. The highest BCUT2D eigenvalue weighted by Gasteiger charge is 2.00. The van der Waals surface area contributed by atoms with Gasteiger partial charge in [0.1, 0.15) is 6.33 Å². The van der Waals surface area contributed by atoms with E-state index in [4.69, 9.17) is 12.2 Å². The summed E-state index contributed by atoms with van der Waals surface area (Å²) in [4.78, 5) is 5.77. The van der Waals surface area contributed by atoms with Gasteiger partial charge in [-0.25, -0.2) is 4.98 Å². The molecule has 4 heteroatoms. The molecule has 1 heterocycles. The topological polar surface area (TPSA) is 21.1 Å². The van der Waals surface area contributed by atoms with Crippen molar-refractivity contribution in [1.82, 2.24) is 14.5 Å². The Kier molecular flexibility index (Phi) is 2.99. The van der Waals surface area contributed by atoms with Crippen LogP contribution in [0.1, 0.15) is 6.92 Å². The van der Waals surface area contributed by atoms with Gasteiger partial charge in [0.05, 0.1) is 0 Å². The number of allylic oxidation sites excluding steroid dienone is 1. The molecule has 0 unspecified atom stereocenters. The van der Waals surface area contributed by atoms with E-state index in [0.29, 0.717) is 5.11 Å². The van der Waals surface area contributed by atoms with Crippen LogP contribution in [0, 0.1) is 0 Å². The van der Waals surface area contributed by atoms with Crippen molar-refractivity contribution in [3.8, 4) is 0 Å². The molecule has 0 atom stereocenters. The zero-order valence-electron chi connectivity index (χ0n) is 7.14. The summed E-state index contributed by atoms with van der Waals surface area (Å²) in [5, 5.41) is 0.714. The molecule has 0 aliphatic carbocycles. The Morgan fingerprint density at radius 2 is 2.42 bits per heavy atom. The van der Waals surface area contributed by atoms with Crippen LogP contribution in [-0.4, -0.2) is 26.6 Å². The van der Waals surface area contributed by atoms with E-state index >= 15 is 0 Å². The number of hydrogen-bond donors (Lipinski definition) is 0. The van der Waals surface area contributed by atoms with Gasteiger partial charge < -0.3 is 4.90 Å². The van der Waals surface area contributed by atoms with Crippen LogP contribution in [0.15, 0.2) is 31.0 Å². The Hall–Kier alpha value is -1.16. The molecule has 1 aromatic heterocycles. The molecule has 0 saturated carbocycles. The molecule has 1 aromatic rings. The summed E-state index contributed by atoms with van der Waals surface area (Å²) in [7, 11) is 1.91. The standard InChI is InChI=1S/C8H11N3S/c1-3-5-10(2)8(12)11-6-4-9-7-11/h3-7H,1-2H3/b5-3-. The maximum atomic E-state index is 5.16. The average molecular weight is 181 g/mol. The molecule has 3 nitrogen and oxygen atoms in total. The lowest BCUT2D eigenvalue weighted by molar-refractivity contribution is 0.671. The van der Waals surface area contributed by atoms with Gasteiger partial charge in [0, 0.05) is 25.6 Å². The third kappa shape index (κ3) is 1.92. The van der Waals surface area contributed by atoms with Crippen LogP contribution < -0.4 is 0 Å². The van der Waals surface area contributed by atoms with Crippen LogP contribution in [-0.2, 0) is 0 Å². The largest absolute Gasteiger partial charge is 0.328 e. The second-order valence-corrected chi connectivity index (χ2v) is 2.71. The van der Waals surface area contributed by atoms with Crippen LogP contribution in [0.5, 0.6) is 0 Å². The number of imidazole rings is 1. The first-order valence-corrected chi connectivity index (χ1v) is 4.04. The van der Waals surface area contributed by atoms with Gasteiger partial charge in [0.2, 0.25) is 0 Å². The molecule has 0 aromatic carbocycles. The Morgan fingerprint density at radius 3 is 2.92 bits per heavy atom. The van der Waals surface area contributed by atoms with Gasteiger partial charge in [-0.3, -0.25) is 4.57 Å². The van der Waals surface area contributed by atoms with Crippen molar-refractivity contribution < 1.29 is 0 Å². The zero-order chi connectivity index (χ0) is 8.97. The van der Waals surface area contributed by atoms with Crippen LogP contribution >= 0.6 is 12.2 Å². The molecule has 1 rings (SSSR count). The van der Waals surface area contributed by atoms with Gasteiger partial charge in [-0.1, -0.05) is 6.08 Å². The van der Waals surface area contributed by atoms with Crippen molar-refractivity contribution in [2.45, 2.75) is 6.92 Å². The van der Waals surface area contributed by atoms with E-state index < -0.39 is 0 Å². The summed E-state index contributed by atoms with van der Waals surface area (Å²) in [6.45, 7) is 1.95. The molecular formula is C8H11N3S. The predicted molar refractivity (Wildman–Crippen MR) is 52.8 cm³/mol. The minimum atomic E-state index is 0.714. The quantitative estimate of drug-likeness (QED) is 0.612. The van der Waals surface area contributed by atoms with Crippen molar-refractivity contribution in [3.05, 3.63) is 31.0 Å². The lowest BCUT2D eigenvalue weighted by Gasteiger charge is -2.14. The molecule has 0 saturated heterocycles. The van der Waals surface area contributed by atoms with E-state index in [1.807, 2.05) is 37.3 Å². The molecule has 0 aliphatic heterocycles. The SMILES string of the molecule is C/C=C\N(C)C(=S)n1ccnc1. The Balaban J connectivity index is 2.72. The smallest absolute Gasteiger partial charge is 0.184 e. The van der Waals surface area contributed by atoms with Crippen LogP contribution in [0.4, 0.5) is 0 Å². The summed E-state index contributed by atoms with van der Waals surface area (Å²) in [5.74, 6) is 0. The lowest BCUT2D eigenvalue weighted by atomic mass is 10.6. The number of hydrogen-bond acceptors (Lipinski definition) is 2. The highest BCUT2D eigenvalue weighted by molar-refractivity contribution is 7.80. The fraction of sp³-hybridized carbons (Fsp3) is 0.250. The predicted octanol–water partition coefficient (Wildman–Crippen LogP) is 1.48. The molecule has 0 radical (unpaired) electrons. The molecule has 0 amide bonds. The Bertz CT molecular complexity index is 277. The third-order valence-corrected chi connectivity index (χ3v) is 1.90. The highest BCUT2D eigenvalue weighted by atomic mass is 32.1. The minimum absolute atomic E-state index is 0.714. The van der Waals surface area contributed by atoms with E-state index in [0.717, 1.165) is 0 Å². The van der Waals surface area contributed by atoms with Gasteiger partial charge in [-0.2, -0.15) is 0 Å². The van der Waals surface area contributed by atoms with E-state index in [1.54, 1.807) is 17.1 Å². The first-order chi connectivity index (χ1) is 5.75. The van der Waals surface area contributed by atoms with Crippen LogP contribution in [0.3, 0.4) is 0 Å². The second-order valence-electron chi connectivity index (χ2n) is 2.35.